The number of phenols is 1. The average molecular weight is 315 g/mol. The number of rotatable bonds is 3. The zero-order chi connectivity index (χ0) is 16.8. The van der Waals surface area contributed by atoms with Crippen molar-refractivity contribution in [2.45, 2.75) is 6.92 Å². The summed E-state index contributed by atoms with van der Waals surface area (Å²) in [7, 11) is 0. The van der Waals surface area contributed by atoms with E-state index in [9.17, 15) is 19.1 Å². The largest absolute Gasteiger partial charge is 0.508 e. The van der Waals surface area contributed by atoms with Gasteiger partial charge in [-0.15, -0.1) is 0 Å². The second-order valence-electron chi connectivity index (χ2n) is 4.62. The van der Waals surface area contributed by atoms with Crippen LogP contribution in [0.15, 0.2) is 53.6 Å². The predicted molar refractivity (Wildman–Crippen MR) is 83.5 cm³/mol. The third kappa shape index (κ3) is 4.37. The molecule has 6 nitrogen and oxygen atoms in total. The fraction of sp³-hybridized carbons (Fsp3) is 0.0625. The summed E-state index contributed by atoms with van der Waals surface area (Å²) in [5.41, 5.74) is 3.10. The van der Waals surface area contributed by atoms with E-state index in [1.165, 1.54) is 36.4 Å². The maximum absolute atomic E-state index is 13.4. The monoisotopic (exact) mass is 315 g/mol. The summed E-state index contributed by atoms with van der Waals surface area (Å²) in [6, 6.07) is 11.7. The van der Waals surface area contributed by atoms with Crippen molar-refractivity contribution in [2.75, 3.05) is 5.32 Å². The molecule has 2 rings (SSSR count). The van der Waals surface area contributed by atoms with Crippen LogP contribution < -0.4 is 10.7 Å². The zero-order valence-electron chi connectivity index (χ0n) is 12.2. The van der Waals surface area contributed by atoms with Crippen molar-refractivity contribution in [1.82, 2.24) is 5.43 Å². The molecule has 0 aliphatic heterocycles. The molecular formula is C16H14FN3O3. The number of halogens is 1. The SMILES string of the molecule is CC(=NNC(=O)C(=O)Nc1ccccc1F)c1ccc(O)cc1. The summed E-state index contributed by atoms with van der Waals surface area (Å²) in [6.07, 6.45) is 0. The molecule has 0 aliphatic rings. The quantitative estimate of drug-likeness (QED) is 0.460. The van der Waals surface area contributed by atoms with Crippen molar-refractivity contribution in [3.8, 4) is 5.75 Å². The van der Waals surface area contributed by atoms with E-state index in [1.54, 1.807) is 19.1 Å². The molecule has 2 amide bonds. The third-order valence-electron chi connectivity index (χ3n) is 2.94. The van der Waals surface area contributed by atoms with Gasteiger partial charge in [0, 0.05) is 0 Å². The molecule has 0 saturated heterocycles. The molecule has 2 aromatic carbocycles. The van der Waals surface area contributed by atoms with Gasteiger partial charge in [0.1, 0.15) is 11.6 Å². The van der Waals surface area contributed by atoms with Gasteiger partial charge in [-0.25, -0.2) is 9.82 Å². The van der Waals surface area contributed by atoms with Crippen LogP contribution in [0.25, 0.3) is 0 Å². The normalized spacial score (nSPS) is 11.0. The van der Waals surface area contributed by atoms with Gasteiger partial charge >= 0.3 is 11.8 Å². The first-order valence-corrected chi connectivity index (χ1v) is 6.67. The molecule has 0 fully saturated rings. The Kier molecular flexibility index (Phi) is 5.03. The Hall–Kier alpha value is -3.22. The molecule has 0 spiro atoms. The highest BCUT2D eigenvalue weighted by Gasteiger charge is 2.15. The lowest BCUT2D eigenvalue weighted by molar-refractivity contribution is -0.136. The predicted octanol–water partition coefficient (Wildman–Crippen LogP) is 2.01. The summed E-state index contributed by atoms with van der Waals surface area (Å²) in [4.78, 5) is 23.3. The second kappa shape index (κ2) is 7.17. The smallest absolute Gasteiger partial charge is 0.329 e. The van der Waals surface area contributed by atoms with E-state index >= 15 is 0 Å². The van der Waals surface area contributed by atoms with Crippen LogP contribution in [0.2, 0.25) is 0 Å². The number of phenolic OH excluding ortho intramolecular Hbond substituents is 1. The molecule has 0 heterocycles. The number of carbonyl (C=O) groups is 2. The molecule has 0 radical (unpaired) electrons. The maximum atomic E-state index is 13.4. The number of carbonyl (C=O) groups excluding carboxylic acids is 2. The summed E-state index contributed by atoms with van der Waals surface area (Å²) in [5, 5.41) is 15.1. The lowest BCUT2D eigenvalue weighted by atomic mass is 10.1. The topological polar surface area (TPSA) is 90.8 Å². The number of nitrogens with zero attached hydrogens (tertiary/aromatic N) is 1. The van der Waals surface area contributed by atoms with Crippen molar-refractivity contribution in [1.29, 1.82) is 0 Å². The van der Waals surface area contributed by atoms with Crippen LogP contribution in [0.1, 0.15) is 12.5 Å². The Morgan fingerprint density at radius 2 is 1.70 bits per heavy atom. The fourth-order valence-corrected chi connectivity index (χ4v) is 1.69. The van der Waals surface area contributed by atoms with E-state index in [-0.39, 0.29) is 11.4 Å². The van der Waals surface area contributed by atoms with E-state index in [1.807, 2.05) is 0 Å². The van der Waals surface area contributed by atoms with Gasteiger partial charge in [0.25, 0.3) is 0 Å². The van der Waals surface area contributed by atoms with E-state index in [0.29, 0.717) is 11.3 Å². The Labute approximate surface area is 131 Å². The van der Waals surface area contributed by atoms with Crippen molar-refractivity contribution in [2.24, 2.45) is 5.10 Å². The molecule has 23 heavy (non-hydrogen) atoms. The lowest BCUT2D eigenvalue weighted by Gasteiger charge is -2.05. The van der Waals surface area contributed by atoms with Crippen LogP contribution in [0, 0.1) is 5.82 Å². The summed E-state index contributed by atoms with van der Waals surface area (Å²) in [6.45, 7) is 1.63. The summed E-state index contributed by atoms with van der Waals surface area (Å²) in [5.74, 6) is -2.59. The third-order valence-corrected chi connectivity index (χ3v) is 2.94. The highest BCUT2D eigenvalue weighted by molar-refractivity contribution is 6.39. The summed E-state index contributed by atoms with van der Waals surface area (Å²) >= 11 is 0. The number of hydrazone groups is 1. The molecule has 0 bridgehead atoms. The van der Waals surface area contributed by atoms with Gasteiger partial charge in [0.2, 0.25) is 0 Å². The minimum absolute atomic E-state index is 0.0908. The molecule has 0 unspecified atom stereocenters. The van der Waals surface area contributed by atoms with Gasteiger partial charge in [0.05, 0.1) is 11.4 Å². The minimum Gasteiger partial charge on any atom is -0.508 e. The number of amides is 2. The number of hydrogen-bond donors (Lipinski definition) is 3. The number of nitrogens with one attached hydrogen (secondary N) is 2. The first-order valence-electron chi connectivity index (χ1n) is 6.67. The van der Waals surface area contributed by atoms with Crippen LogP contribution in [0.3, 0.4) is 0 Å². The molecule has 0 saturated carbocycles. The van der Waals surface area contributed by atoms with Crippen LogP contribution >= 0.6 is 0 Å². The van der Waals surface area contributed by atoms with Gasteiger partial charge in [-0.05, 0) is 48.9 Å². The van der Waals surface area contributed by atoms with E-state index < -0.39 is 17.6 Å². The molecule has 2 aromatic rings. The van der Waals surface area contributed by atoms with Gasteiger partial charge in [-0.2, -0.15) is 5.10 Å². The maximum Gasteiger partial charge on any atom is 0.329 e. The Balaban J connectivity index is 1.98. The van der Waals surface area contributed by atoms with Gasteiger partial charge in [-0.3, -0.25) is 9.59 Å². The average Bonchev–Trinajstić information content (AvgIpc) is 2.55. The van der Waals surface area contributed by atoms with Crippen LogP contribution in [-0.2, 0) is 9.59 Å². The van der Waals surface area contributed by atoms with Crippen molar-refractivity contribution >= 4 is 23.2 Å². The Bertz CT molecular complexity index is 757. The lowest BCUT2D eigenvalue weighted by Crippen LogP contribution is -2.33. The Morgan fingerprint density at radius 3 is 2.35 bits per heavy atom. The van der Waals surface area contributed by atoms with Crippen molar-refractivity contribution in [3.05, 3.63) is 59.9 Å². The minimum atomic E-state index is -1.03. The van der Waals surface area contributed by atoms with Crippen molar-refractivity contribution < 1.29 is 19.1 Å². The number of hydrogen-bond acceptors (Lipinski definition) is 4. The molecule has 0 atom stereocenters. The van der Waals surface area contributed by atoms with Crippen LogP contribution in [0.4, 0.5) is 10.1 Å². The van der Waals surface area contributed by atoms with Crippen LogP contribution in [0.5, 0.6) is 5.75 Å². The summed E-state index contributed by atoms with van der Waals surface area (Å²) < 4.78 is 13.4. The highest BCUT2D eigenvalue weighted by atomic mass is 19.1. The van der Waals surface area contributed by atoms with Gasteiger partial charge < -0.3 is 10.4 Å². The first-order chi connectivity index (χ1) is 11.0. The molecule has 118 valence electrons. The fourth-order valence-electron chi connectivity index (χ4n) is 1.69. The first kappa shape index (κ1) is 16.2. The highest BCUT2D eigenvalue weighted by Crippen LogP contribution is 2.12. The van der Waals surface area contributed by atoms with E-state index in [2.05, 4.69) is 15.8 Å². The molecule has 3 N–H and O–H groups in total. The van der Waals surface area contributed by atoms with Crippen molar-refractivity contribution in [3.63, 3.8) is 0 Å². The second-order valence-corrected chi connectivity index (χ2v) is 4.62. The molecule has 0 aromatic heterocycles. The van der Waals surface area contributed by atoms with Gasteiger partial charge in [0.15, 0.2) is 0 Å². The van der Waals surface area contributed by atoms with E-state index in [0.717, 1.165) is 0 Å². The molecule has 7 heteroatoms. The molecular weight excluding hydrogens is 301 g/mol. The Morgan fingerprint density at radius 1 is 1.04 bits per heavy atom. The molecule has 0 aliphatic carbocycles. The number of para-hydroxylation sites is 1. The van der Waals surface area contributed by atoms with E-state index in [4.69, 9.17) is 0 Å². The standard InChI is InChI=1S/C16H14FN3O3/c1-10(11-6-8-12(21)9-7-11)19-20-16(23)15(22)18-14-5-3-2-4-13(14)17/h2-9,21H,1H3,(H,18,22)(H,20,23). The zero-order valence-corrected chi connectivity index (χ0v) is 12.2. The number of benzene rings is 2. The van der Waals surface area contributed by atoms with Gasteiger partial charge in [-0.1, -0.05) is 12.1 Å². The number of anilines is 1. The number of aromatic hydroxyl groups is 1. The van der Waals surface area contributed by atoms with Crippen LogP contribution in [-0.4, -0.2) is 22.6 Å².